The summed E-state index contributed by atoms with van der Waals surface area (Å²) < 4.78 is 22.7. The lowest BCUT2D eigenvalue weighted by atomic mass is 9.91. The van der Waals surface area contributed by atoms with Crippen LogP contribution in [0.3, 0.4) is 0 Å². The van der Waals surface area contributed by atoms with Crippen molar-refractivity contribution in [3.05, 3.63) is 12.2 Å². The molecule has 0 bridgehead atoms. The summed E-state index contributed by atoms with van der Waals surface area (Å²) in [6.45, 7) is 5.06. The Labute approximate surface area is 122 Å². The molecule has 3 heterocycles. The van der Waals surface area contributed by atoms with Crippen LogP contribution in [0.2, 0.25) is 0 Å². The maximum absolute atomic E-state index is 11.5. The molecule has 21 heavy (non-hydrogen) atoms. The zero-order chi connectivity index (χ0) is 15.2. The van der Waals surface area contributed by atoms with Crippen LogP contribution in [-0.4, -0.2) is 54.7 Å². The van der Waals surface area contributed by atoms with E-state index in [4.69, 9.17) is 18.9 Å². The lowest BCUT2D eigenvalue weighted by Crippen LogP contribution is -2.64. The van der Waals surface area contributed by atoms with Gasteiger partial charge < -0.3 is 24.3 Å². The number of hydrogen-bond donors (Lipinski definition) is 1. The number of amides is 1. The highest BCUT2D eigenvalue weighted by molar-refractivity contribution is 5.89. The van der Waals surface area contributed by atoms with E-state index >= 15 is 0 Å². The van der Waals surface area contributed by atoms with E-state index in [9.17, 15) is 9.59 Å². The third-order valence-electron chi connectivity index (χ3n) is 3.77. The van der Waals surface area contributed by atoms with Crippen LogP contribution in [0, 0.1) is 0 Å². The first kappa shape index (κ1) is 14.5. The van der Waals surface area contributed by atoms with E-state index in [0.29, 0.717) is 0 Å². The van der Waals surface area contributed by atoms with Gasteiger partial charge in [0.2, 0.25) is 5.91 Å². The van der Waals surface area contributed by atoms with Crippen molar-refractivity contribution < 1.29 is 28.5 Å². The number of esters is 1. The summed E-state index contributed by atoms with van der Waals surface area (Å²) in [5.41, 5.74) is 0. The molecule has 0 aromatic rings. The molecule has 3 aliphatic heterocycles. The predicted molar refractivity (Wildman–Crippen MR) is 70.2 cm³/mol. The monoisotopic (exact) mass is 297 g/mol. The maximum Gasteiger partial charge on any atom is 0.302 e. The molecule has 0 saturated carbocycles. The van der Waals surface area contributed by atoms with E-state index in [-0.39, 0.29) is 36.7 Å². The van der Waals surface area contributed by atoms with Gasteiger partial charge in [0, 0.05) is 13.0 Å². The van der Waals surface area contributed by atoms with Gasteiger partial charge in [0.15, 0.2) is 5.79 Å². The van der Waals surface area contributed by atoms with E-state index < -0.39 is 18.0 Å². The van der Waals surface area contributed by atoms with Gasteiger partial charge in [-0.2, -0.15) is 0 Å². The maximum atomic E-state index is 11.5. The molecule has 2 saturated heterocycles. The Morgan fingerprint density at radius 1 is 1.38 bits per heavy atom. The highest BCUT2D eigenvalue weighted by Crippen LogP contribution is 2.38. The number of ether oxygens (including phenoxy) is 4. The fourth-order valence-electron chi connectivity index (χ4n) is 2.99. The molecular weight excluding hydrogens is 278 g/mol. The molecule has 116 valence electrons. The number of fused-ring (bicyclic) bond motifs is 3. The van der Waals surface area contributed by atoms with Gasteiger partial charge in [0.05, 0.1) is 12.1 Å². The third-order valence-corrected chi connectivity index (χ3v) is 3.77. The average Bonchev–Trinajstić information content (AvgIpc) is 2.72. The molecule has 0 aromatic heterocycles. The lowest BCUT2D eigenvalue weighted by molar-refractivity contribution is -0.174. The van der Waals surface area contributed by atoms with Gasteiger partial charge in [-0.3, -0.25) is 9.59 Å². The Morgan fingerprint density at radius 2 is 2.10 bits per heavy atom. The zero-order valence-corrected chi connectivity index (χ0v) is 12.2. The summed E-state index contributed by atoms with van der Waals surface area (Å²) in [7, 11) is 0. The minimum absolute atomic E-state index is 0.0982. The topological polar surface area (TPSA) is 83.1 Å². The van der Waals surface area contributed by atoms with Crippen molar-refractivity contribution >= 4 is 11.9 Å². The normalized spacial score (nSPS) is 40.1. The van der Waals surface area contributed by atoms with Gasteiger partial charge in [-0.25, -0.2) is 0 Å². The standard InChI is InChI=1S/C14H19NO6/c1-7(16)18-6-9-12-13(21-14(2,3)20-12)11-8(19-9)4-5-10(17)15-11/h4-5,8-9,11-13H,6H2,1-3H3,(H,15,17). The van der Waals surface area contributed by atoms with Crippen LogP contribution >= 0.6 is 0 Å². The molecule has 0 aromatic carbocycles. The first-order chi connectivity index (χ1) is 9.85. The molecule has 2 fully saturated rings. The molecule has 3 rings (SSSR count). The largest absolute Gasteiger partial charge is 0.463 e. The average molecular weight is 297 g/mol. The summed E-state index contributed by atoms with van der Waals surface area (Å²) in [6, 6.07) is -0.303. The van der Waals surface area contributed by atoms with Crippen molar-refractivity contribution in [3.8, 4) is 0 Å². The Hall–Kier alpha value is -1.44. The molecule has 3 aliphatic rings. The van der Waals surface area contributed by atoms with E-state index in [0.717, 1.165) is 0 Å². The third kappa shape index (κ3) is 2.81. The van der Waals surface area contributed by atoms with E-state index in [1.165, 1.54) is 13.0 Å². The van der Waals surface area contributed by atoms with Crippen LogP contribution in [0.25, 0.3) is 0 Å². The van der Waals surface area contributed by atoms with Crippen LogP contribution in [0.15, 0.2) is 12.2 Å². The Kier molecular flexibility index (Phi) is 3.51. The molecule has 0 aliphatic carbocycles. The van der Waals surface area contributed by atoms with Gasteiger partial charge >= 0.3 is 5.97 Å². The molecule has 1 amide bonds. The van der Waals surface area contributed by atoms with Crippen molar-refractivity contribution in [2.45, 2.75) is 57.0 Å². The molecule has 7 heteroatoms. The minimum atomic E-state index is -0.770. The fourth-order valence-corrected chi connectivity index (χ4v) is 2.99. The molecule has 5 atom stereocenters. The van der Waals surface area contributed by atoms with E-state index in [1.807, 2.05) is 13.8 Å². The second-order valence-corrected chi connectivity index (χ2v) is 5.90. The zero-order valence-electron chi connectivity index (χ0n) is 12.2. The van der Waals surface area contributed by atoms with Crippen LogP contribution in [-0.2, 0) is 28.5 Å². The number of nitrogens with one attached hydrogen (secondary N) is 1. The van der Waals surface area contributed by atoms with Crippen molar-refractivity contribution in [1.29, 1.82) is 0 Å². The number of carbonyl (C=O) groups excluding carboxylic acids is 2. The molecule has 5 unspecified atom stereocenters. The number of hydrogen-bond acceptors (Lipinski definition) is 6. The molecule has 0 spiro atoms. The minimum Gasteiger partial charge on any atom is -0.463 e. The summed E-state index contributed by atoms with van der Waals surface area (Å²) >= 11 is 0. The summed E-state index contributed by atoms with van der Waals surface area (Å²) in [4.78, 5) is 22.6. The SMILES string of the molecule is CC(=O)OCC1OC2C=CC(=O)NC2C2OC(C)(C)OC12. The van der Waals surface area contributed by atoms with Crippen LogP contribution in [0.4, 0.5) is 0 Å². The van der Waals surface area contributed by atoms with Crippen molar-refractivity contribution in [1.82, 2.24) is 5.32 Å². The van der Waals surface area contributed by atoms with Crippen molar-refractivity contribution in [2.24, 2.45) is 0 Å². The molecular formula is C14H19NO6. The Bertz CT molecular complexity index is 488. The highest BCUT2D eigenvalue weighted by Gasteiger charge is 2.55. The van der Waals surface area contributed by atoms with Gasteiger partial charge in [0.25, 0.3) is 0 Å². The Balaban J connectivity index is 1.82. The van der Waals surface area contributed by atoms with Gasteiger partial charge in [-0.15, -0.1) is 0 Å². The highest BCUT2D eigenvalue weighted by atomic mass is 16.8. The molecule has 7 nitrogen and oxygen atoms in total. The van der Waals surface area contributed by atoms with Crippen LogP contribution in [0.1, 0.15) is 20.8 Å². The summed E-state index contributed by atoms with van der Waals surface area (Å²) in [6.07, 6.45) is 1.66. The van der Waals surface area contributed by atoms with E-state index in [1.54, 1.807) is 6.08 Å². The second-order valence-electron chi connectivity index (χ2n) is 5.90. The smallest absolute Gasteiger partial charge is 0.302 e. The second kappa shape index (κ2) is 5.08. The Morgan fingerprint density at radius 3 is 2.81 bits per heavy atom. The van der Waals surface area contributed by atoms with Gasteiger partial charge in [-0.1, -0.05) is 0 Å². The quantitative estimate of drug-likeness (QED) is 0.716. The van der Waals surface area contributed by atoms with Crippen molar-refractivity contribution in [2.75, 3.05) is 6.61 Å². The number of carbonyl (C=O) groups is 2. The van der Waals surface area contributed by atoms with E-state index in [2.05, 4.69) is 5.32 Å². The predicted octanol–water partition coefficient (Wildman–Crippen LogP) is -0.108. The number of rotatable bonds is 2. The summed E-state index contributed by atoms with van der Waals surface area (Å²) in [5, 5.41) is 2.85. The molecule has 1 N–H and O–H groups in total. The van der Waals surface area contributed by atoms with Crippen molar-refractivity contribution in [3.63, 3.8) is 0 Å². The first-order valence-electron chi connectivity index (χ1n) is 6.99. The van der Waals surface area contributed by atoms with Gasteiger partial charge in [-0.05, 0) is 19.9 Å². The first-order valence-corrected chi connectivity index (χ1v) is 6.99. The van der Waals surface area contributed by atoms with Crippen LogP contribution < -0.4 is 5.32 Å². The molecule has 0 radical (unpaired) electrons. The van der Waals surface area contributed by atoms with Gasteiger partial charge in [0.1, 0.15) is 24.9 Å². The summed E-state index contributed by atoms with van der Waals surface area (Å²) in [5.74, 6) is -1.32. The van der Waals surface area contributed by atoms with Crippen LogP contribution in [0.5, 0.6) is 0 Å². The fraction of sp³-hybridized carbons (Fsp3) is 0.714. The lowest BCUT2D eigenvalue weighted by Gasteiger charge is -2.42.